The van der Waals surface area contributed by atoms with Gasteiger partial charge in [-0.3, -0.25) is 14.4 Å². The quantitative estimate of drug-likeness (QED) is 0.757. The van der Waals surface area contributed by atoms with Crippen LogP contribution < -0.4 is 15.5 Å². The average Bonchev–Trinajstić information content (AvgIpc) is 3.14. The second-order valence-electron chi connectivity index (χ2n) is 7.25. The third-order valence-electron chi connectivity index (χ3n) is 5.08. The first-order valence-electron chi connectivity index (χ1n) is 10.1. The second-order valence-corrected chi connectivity index (χ2v) is 7.25. The van der Waals surface area contributed by atoms with Crippen LogP contribution in [0.15, 0.2) is 48.5 Å². The molecule has 1 aliphatic heterocycles. The van der Waals surface area contributed by atoms with E-state index >= 15 is 0 Å². The van der Waals surface area contributed by atoms with E-state index in [9.17, 15) is 14.4 Å². The molecule has 0 saturated carbocycles. The van der Waals surface area contributed by atoms with Crippen molar-refractivity contribution in [3.63, 3.8) is 0 Å². The molecule has 1 atom stereocenters. The van der Waals surface area contributed by atoms with Crippen molar-refractivity contribution in [3.8, 4) is 0 Å². The maximum Gasteiger partial charge on any atom is 0.251 e. The number of carbonyl (C=O) groups is 3. The molecule has 2 aromatic carbocycles. The predicted octanol–water partition coefficient (Wildman–Crippen LogP) is 3.38. The van der Waals surface area contributed by atoms with Gasteiger partial charge in [0, 0.05) is 36.4 Å². The van der Waals surface area contributed by atoms with Gasteiger partial charge in [-0.15, -0.1) is 0 Å². The number of benzene rings is 2. The number of rotatable bonds is 7. The maximum absolute atomic E-state index is 12.7. The summed E-state index contributed by atoms with van der Waals surface area (Å²) in [5.74, 6) is -0.856. The Bertz CT molecular complexity index is 892. The van der Waals surface area contributed by atoms with Crippen LogP contribution in [-0.4, -0.2) is 30.8 Å². The SMILES string of the molecule is CCCNC(=O)c1cccc(NC(=O)C2CC(=O)N(c3ccc(CC)cc3)C2)c1. The van der Waals surface area contributed by atoms with Gasteiger partial charge >= 0.3 is 0 Å². The molecule has 1 aliphatic rings. The molecule has 2 N–H and O–H groups in total. The van der Waals surface area contributed by atoms with Gasteiger partial charge in [-0.25, -0.2) is 0 Å². The summed E-state index contributed by atoms with van der Waals surface area (Å²) >= 11 is 0. The van der Waals surface area contributed by atoms with E-state index in [0.717, 1.165) is 18.5 Å². The lowest BCUT2D eigenvalue weighted by atomic mass is 10.1. The first kappa shape index (κ1) is 20.6. The summed E-state index contributed by atoms with van der Waals surface area (Å²) in [6.45, 7) is 5.03. The molecule has 29 heavy (non-hydrogen) atoms. The van der Waals surface area contributed by atoms with Gasteiger partial charge in [-0.05, 0) is 48.7 Å². The standard InChI is InChI=1S/C23H27N3O3/c1-3-12-24-22(28)17-6-5-7-19(13-17)25-23(29)18-14-21(27)26(15-18)20-10-8-16(4-2)9-11-20/h5-11,13,18H,3-4,12,14-15H2,1-2H3,(H,24,28)(H,25,29). The summed E-state index contributed by atoms with van der Waals surface area (Å²) < 4.78 is 0. The Morgan fingerprint density at radius 1 is 1.10 bits per heavy atom. The van der Waals surface area contributed by atoms with Crippen LogP contribution in [0.2, 0.25) is 0 Å². The zero-order valence-electron chi connectivity index (χ0n) is 16.9. The number of nitrogens with zero attached hydrogens (tertiary/aromatic N) is 1. The lowest BCUT2D eigenvalue weighted by molar-refractivity contribution is -0.122. The largest absolute Gasteiger partial charge is 0.352 e. The summed E-state index contributed by atoms with van der Waals surface area (Å²) in [7, 11) is 0. The average molecular weight is 393 g/mol. The Morgan fingerprint density at radius 3 is 2.55 bits per heavy atom. The molecule has 0 spiro atoms. The summed E-state index contributed by atoms with van der Waals surface area (Å²) in [4.78, 5) is 38.9. The zero-order chi connectivity index (χ0) is 20.8. The Hall–Kier alpha value is -3.15. The normalized spacial score (nSPS) is 16.0. The zero-order valence-corrected chi connectivity index (χ0v) is 16.9. The molecule has 3 amide bonds. The van der Waals surface area contributed by atoms with E-state index in [2.05, 4.69) is 17.6 Å². The van der Waals surface area contributed by atoms with Crippen molar-refractivity contribution in [2.45, 2.75) is 33.1 Å². The van der Waals surface area contributed by atoms with Crippen molar-refractivity contribution in [3.05, 3.63) is 59.7 Å². The summed E-state index contributed by atoms with van der Waals surface area (Å²) in [5, 5.41) is 5.67. The highest BCUT2D eigenvalue weighted by Gasteiger charge is 2.35. The third kappa shape index (κ3) is 5.02. The van der Waals surface area contributed by atoms with Crippen LogP contribution in [0.25, 0.3) is 0 Å². The van der Waals surface area contributed by atoms with Gasteiger partial charge in [0.15, 0.2) is 0 Å². The number of amides is 3. The Labute approximate surface area is 171 Å². The van der Waals surface area contributed by atoms with Crippen LogP contribution in [-0.2, 0) is 16.0 Å². The van der Waals surface area contributed by atoms with Gasteiger partial charge in [0.05, 0.1) is 5.92 Å². The van der Waals surface area contributed by atoms with Crippen molar-refractivity contribution < 1.29 is 14.4 Å². The number of nitrogens with one attached hydrogen (secondary N) is 2. The molecule has 1 unspecified atom stereocenters. The molecule has 0 bridgehead atoms. The number of hydrogen-bond acceptors (Lipinski definition) is 3. The van der Waals surface area contributed by atoms with Crippen LogP contribution in [0, 0.1) is 5.92 Å². The monoisotopic (exact) mass is 393 g/mol. The molecule has 3 rings (SSSR count). The topological polar surface area (TPSA) is 78.5 Å². The smallest absolute Gasteiger partial charge is 0.251 e. The van der Waals surface area contributed by atoms with Crippen LogP contribution >= 0.6 is 0 Å². The van der Waals surface area contributed by atoms with E-state index in [0.29, 0.717) is 24.3 Å². The number of hydrogen-bond donors (Lipinski definition) is 2. The first-order valence-corrected chi connectivity index (χ1v) is 10.1. The molecular formula is C23H27N3O3. The highest BCUT2D eigenvalue weighted by Crippen LogP contribution is 2.26. The van der Waals surface area contributed by atoms with Crippen molar-refractivity contribution >= 4 is 29.1 Å². The minimum atomic E-state index is -0.425. The molecule has 1 heterocycles. The summed E-state index contributed by atoms with van der Waals surface area (Å²) in [6, 6.07) is 14.7. The first-order chi connectivity index (χ1) is 14.0. The Kier molecular flexibility index (Phi) is 6.65. The van der Waals surface area contributed by atoms with Gasteiger partial charge in [0.2, 0.25) is 11.8 Å². The molecule has 6 nitrogen and oxygen atoms in total. The molecule has 1 fully saturated rings. The molecule has 0 aliphatic carbocycles. The summed E-state index contributed by atoms with van der Waals surface area (Å²) in [6.07, 6.45) is 1.97. The lowest BCUT2D eigenvalue weighted by Gasteiger charge is -2.17. The molecule has 2 aromatic rings. The van der Waals surface area contributed by atoms with E-state index in [1.54, 1.807) is 29.2 Å². The fourth-order valence-corrected chi connectivity index (χ4v) is 3.37. The Balaban J connectivity index is 1.64. The highest BCUT2D eigenvalue weighted by molar-refractivity contribution is 6.04. The van der Waals surface area contributed by atoms with E-state index in [1.807, 2.05) is 31.2 Å². The predicted molar refractivity (Wildman–Crippen MR) is 114 cm³/mol. The minimum Gasteiger partial charge on any atom is -0.352 e. The van der Waals surface area contributed by atoms with E-state index in [-0.39, 0.29) is 24.1 Å². The number of aryl methyl sites for hydroxylation is 1. The molecule has 152 valence electrons. The fourth-order valence-electron chi connectivity index (χ4n) is 3.37. The van der Waals surface area contributed by atoms with Gasteiger partial charge in [0.1, 0.15) is 0 Å². The van der Waals surface area contributed by atoms with Gasteiger partial charge in [-0.1, -0.05) is 32.0 Å². The van der Waals surface area contributed by atoms with Gasteiger partial charge in [-0.2, -0.15) is 0 Å². The van der Waals surface area contributed by atoms with Crippen LogP contribution in [0.5, 0.6) is 0 Å². The summed E-state index contributed by atoms with van der Waals surface area (Å²) in [5.41, 5.74) is 3.07. The Morgan fingerprint density at radius 2 is 1.86 bits per heavy atom. The van der Waals surface area contributed by atoms with Crippen LogP contribution in [0.4, 0.5) is 11.4 Å². The van der Waals surface area contributed by atoms with E-state index in [1.165, 1.54) is 5.56 Å². The maximum atomic E-state index is 12.7. The number of anilines is 2. The molecule has 0 aromatic heterocycles. The van der Waals surface area contributed by atoms with Crippen molar-refractivity contribution in [2.75, 3.05) is 23.3 Å². The highest BCUT2D eigenvalue weighted by atomic mass is 16.2. The van der Waals surface area contributed by atoms with Crippen molar-refractivity contribution in [2.24, 2.45) is 5.92 Å². The minimum absolute atomic E-state index is 0.0536. The second kappa shape index (κ2) is 9.37. The molecule has 0 radical (unpaired) electrons. The van der Waals surface area contributed by atoms with E-state index in [4.69, 9.17) is 0 Å². The van der Waals surface area contributed by atoms with Crippen LogP contribution in [0.1, 0.15) is 42.6 Å². The van der Waals surface area contributed by atoms with E-state index < -0.39 is 5.92 Å². The fraction of sp³-hybridized carbons (Fsp3) is 0.348. The van der Waals surface area contributed by atoms with Gasteiger partial charge in [0.25, 0.3) is 5.91 Å². The van der Waals surface area contributed by atoms with Crippen molar-refractivity contribution in [1.82, 2.24) is 5.32 Å². The molecule has 1 saturated heterocycles. The molecule has 6 heteroatoms. The van der Waals surface area contributed by atoms with Gasteiger partial charge < -0.3 is 15.5 Å². The van der Waals surface area contributed by atoms with Crippen molar-refractivity contribution in [1.29, 1.82) is 0 Å². The van der Waals surface area contributed by atoms with Crippen LogP contribution in [0.3, 0.4) is 0 Å². The third-order valence-corrected chi connectivity index (χ3v) is 5.08. The lowest BCUT2D eigenvalue weighted by Crippen LogP contribution is -2.28. The number of carbonyl (C=O) groups excluding carboxylic acids is 3. The molecular weight excluding hydrogens is 366 g/mol.